The van der Waals surface area contributed by atoms with Crippen LogP contribution in [0, 0.1) is 0 Å². The average molecular weight is 349 g/mol. The maximum atomic E-state index is 11.5. The summed E-state index contributed by atoms with van der Waals surface area (Å²) in [6, 6.07) is 3.72. The van der Waals surface area contributed by atoms with Crippen molar-refractivity contribution in [1.82, 2.24) is 4.98 Å². The van der Waals surface area contributed by atoms with Crippen LogP contribution >= 0.6 is 0 Å². The van der Waals surface area contributed by atoms with Crippen molar-refractivity contribution in [2.45, 2.75) is 0 Å². The van der Waals surface area contributed by atoms with E-state index in [9.17, 15) is 19.8 Å². The lowest BCUT2D eigenvalue weighted by atomic mass is 10.0. The summed E-state index contributed by atoms with van der Waals surface area (Å²) in [5.41, 5.74) is -0.925. The number of pyridine rings is 1. The van der Waals surface area contributed by atoms with E-state index < -0.39 is 28.9 Å². The molecule has 0 aliphatic carbocycles. The SMILES string of the molecule is COc1cc(-c2nc(O)c(C(=O)O)cc2C(=O)O)cc(OC)c1OC. The van der Waals surface area contributed by atoms with Gasteiger partial charge in [0.05, 0.1) is 32.6 Å². The number of carboxylic acid groups (broad SMARTS) is 2. The summed E-state index contributed by atoms with van der Waals surface area (Å²) in [6.45, 7) is 0. The van der Waals surface area contributed by atoms with Gasteiger partial charge in [-0.1, -0.05) is 0 Å². The van der Waals surface area contributed by atoms with Gasteiger partial charge in [-0.25, -0.2) is 14.6 Å². The summed E-state index contributed by atoms with van der Waals surface area (Å²) in [5.74, 6) is -2.92. The minimum atomic E-state index is -1.50. The van der Waals surface area contributed by atoms with Crippen molar-refractivity contribution in [2.24, 2.45) is 0 Å². The molecule has 0 atom stereocenters. The third-order valence-corrected chi connectivity index (χ3v) is 3.40. The topological polar surface area (TPSA) is 135 Å². The lowest BCUT2D eigenvalue weighted by molar-refractivity contribution is 0.0693. The van der Waals surface area contributed by atoms with Crippen LogP contribution in [0.15, 0.2) is 18.2 Å². The quantitative estimate of drug-likeness (QED) is 0.714. The Morgan fingerprint density at radius 1 is 0.880 bits per heavy atom. The van der Waals surface area contributed by atoms with Crippen LogP contribution in [-0.4, -0.2) is 53.6 Å². The normalized spacial score (nSPS) is 10.2. The van der Waals surface area contributed by atoms with E-state index >= 15 is 0 Å². The number of methoxy groups -OCH3 is 3. The van der Waals surface area contributed by atoms with Crippen molar-refractivity contribution in [3.63, 3.8) is 0 Å². The van der Waals surface area contributed by atoms with Gasteiger partial charge in [-0.05, 0) is 18.2 Å². The second-order valence-corrected chi connectivity index (χ2v) is 4.78. The molecule has 0 spiro atoms. The van der Waals surface area contributed by atoms with E-state index in [0.29, 0.717) is 0 Å². The third kappa shape index (κ3) is 3.25. The van der Waals surface area contributed by atoms with Crippen molar-refractivity contribution < 1.29 is 39.1 Å². The van der Waals surface area contributed by atoms with Crippen molar-refractivity contribution in [2.75, 3.05) is 21.3 Å². The Balaban J connectivity index is 2.79. The molecule has 1 aromatic carbocycles. The molecular formula is C16H15NO8. The summed E-state index contributed by atoms with van der Waals surface area (Å²) in [4.78, 5) is 26.3. The number of rotatable bonds is 6. The summed E-state index contributed by atoms with van der Waals surface area (Å²) >= 11 is 0. The molecule has 25 heavy (non-hydrogen) atoms. The van der Waals surface area contributed by atoms with Gasteiger partial charge < -0.3 is 29.5 Å². The molecule has 0 unspecified atom stereocenters. The van der Waals surface area contributed by atoms with E-state index in [-0.39, 0.29) is 28.5 Å². The molecule has 0 saturated heterocycles. The van der Waals surface area contributed by atoms with Gasteiger partial charge in [0.1, 0.15) is 5.56 Å². The van der Waals surface area contributed by atoms with Gasteiger partial charge in [-0.15, -0.1) is 0 Å². The molecule has 1 heterocycles. The number of ether oxygens (including phenoxy) is 3. The predicted molar refractivity (Wildman–Crippen MR) is 84.9 cm³/mol. The van der Waals surface area contributed by atoms with Crippen molar-refractivity contribution in [1.29, 1.82) is 0 Å². The number of aromatic nitrogens is 1. The molecule has 0 aliphatic heterocycles. The molecule has 9 nitrogen and oxygen atoms in total. The molecule has 0 saturated carbocycles. The van der Waals surface area contributed by atoms with Crippen LogP contribution in [-0.2, 0) is 0 Å². The zero-order valence-corrected chi connectivity index (χ0v) is 13.6. The Bertz CT molecular complexity index is 821. The van der Waals surface area contributed by atoms with Crippen molar-refractivity contribution in [3.8, 4) is 34.4 Å². The first-order valence-electron chi connectivity index (χ1n) is 6.85. The number of hydrogen-bond acceptors (Lipinski definition) is 7. The summed E-state index contributed by atoms with van der Waals surface area (Å²) < 4.78 is 15.6. The Hall–Kier alpha value is -3.49. The number of benzene rings is 1. The lowest BCUT2D eigenvalue weighted by Gasteiger charge is -2.15. The highest BCUT2D eigenvalue weighted by Crippen LogP contribution is 2.42. The van der Waals surface area contributed by atoms with Gasteiger partial charge >= 0.3 is 11.9 Å². The monoisotopic (exact) mass is 349 g/mol. The van der Waals surface area contributed by atoms with E-state index in [1.807, 2.05) is 0 Å². The van der Waals surface area contributed by atoms with Crippen LogP contribution in [0.3, 0.4) is 0 Å². The summed E-state index contributed by atoms with van der Waals surface area (Å²) in [7, 11) is 4.18. The van der Waals surface area contributed by atoms with E-state index in [0.717, 1.165) is 6.07 Å². The number of aromatic hydroxyl groups is 1. The number of nitrogens with zero attached hydrogens (tertiary/aromatic N) is 1. The molecule has 0 radical (unpaired) electrons. The van der Waals surface area contributed by atoms with Gasteiger partial charge in [0, 0.05) is 5.56 Å². The maximum Gasteiger partial charge on any atom is 0.341 e. The molecule has 3 N–H and O–H groups in total. The lowest BCUT2D eigenvalue weighted by Crippen LogP contribution is -2.07. The first-order valence-corrected chi connectivity index (χ1v) is 6.85. The Labute approximate surface area is 142 Å². The molecule has 1 aromatic heterocycles. The second-order valence-electron chi connectivity index (χ2n) is 4.78. The molecule has 9 heteroatoms. The van der Waals surface area contributed by atoms with Gasteiger partial charge in [0.25, 0.3) is 0 Å². The minimum Gasteiger partial charge on any atom is -0.493 e. The molecule has 2 aromatic rings. The number of carboxylic acids is 2. The molecule has 0 bridgehead atoms. The summed E-state index contributed by atoms with van der Waals surface area (Å²) in [5, 5.41) is 28.2. The zero-order valence-electron chi connectivity index (χ0n) is 13.6. The van der Waals surface area contributed by atoms with Gasteiger partial charge in [0.15, 0.2) is 11.5 Å². The largest absolute Gasteiger partial charge is 0.493 e. The highest BCUT2D eigenvalue weighted by atomic mass is 16.5. The van der Waals surface area contributed by atoms with Crippen LogP contribution in [0.5, 0.6) is 23.1 Å². The second kappa shape index (κ2) is 6.95. The summed E-state index contributed by atoms with van der Waals surface area (Å²) in [6.07, 6.45) is 0. The fourth-order valence-electron chi connectivity index (χ4n) is 2.26. The number of hydrogen-bond donors (Lipinski definition) is 3. The molecule has 0 amide bonds. The zero-order chi connectivity index (χ0) is 18.7. The molecule has 2 rings (SSSR count). The standard InChI is InChI=1S/C16H15NO8/c1-23-10-4-7(5-11(24-2)13(10)25-3)12-8(15(19)20)6-9(16(21)22)14(18)17-12/h4-6H,1-3H3,(H,17,18)(H,19,20)(H,21,22). The Morgan fingerprint density at radius 2 is 1.40 bits per heavy atom. The third-order valence-electron chi connectivity index (χ3n) is 3.40. The van der Waals surface area contributed by atoms with Gasteiger partial charge in [0.2, 0.25) is 11.6 Å². The van der Waals surface area contributed by atoms with Crippen LogP contribution in [0.1, 0.15) is 20.7 Å². The van der Waals surface area contributed by atoms with Crippen molar-refractivity contribution >= 4 is 11.9 Å². The average Bonchev–Trinajstić information content (AvgIpc) is 2.59. The van der Waals surface area contributed by atoms with Crippen LogP contribution in [0.2, 0.25) is 0 Å². The van der Waals surface area contributed by atoms with E-state index in [1.165, 1.54) is 33.5 Å². The smallest absolute Gasteiger partial charge is 0.341 e. The first-order chi connectivity index (χ1) is 11.8. The first kappa shape index (κ1) is 17.9. The maximum absolute atomic E-state index is 11.5. The van der Waals surface area contributed by atoms with Crippen LogP contribution < -0.4 is 14.2 Å². The van der Waals surface area contributed by atoms with E-state index in [4.69, 9.17) is 19.3 Å². The van der Waals surface area contributed by atoms with Gasteiger partial charge in [-0.3, -0.25) is 0 Å². The molecule has 0 aliphatic rings. The Morgan fingerprint density at radius 3 is 1.80 bits per heavy atom. The Kier molecular flexibility index (Phi) is 4.97. The highest BCUT2D eigenvalue weighted by Gasteiger charge is 2.23. The predicted octanol–water partition coefficient (Wildman–Crippen LogP) is 1.88. The molecule has 132 valence electrons. The fourth-order valence-corrected chi connectivity index (χ4v) is 2.26. The minimum absolute atomic E-state index is 0.144. The number of carbonyl (C=O) groups is 2. The van der Waals surface area contributed by atoms with Crippen molar-refractivity contribution in [3.05, 3.63) is 29.3 Å². The van der Waals surface area contributed by atoms with E-state index in [1.54, 1.807) is 0 Å². The van der Waals surface area contributed by atoms with E-state index in [2.05, 4.69) is 4.98 Å². The van der Waals surface area contributed by atoms with Gasteiger partial charge in [-0.2, -0.15) is 0 Å². The van der Waals surface area contributed by atoms with Crippen LogP contribution in [0.25, 0.3) is 11.3 Å². The number of aromatic carboxylic acids is 2. The fraction of sp³-hybridized carbons (Fsp3) is 0.188. The van der Waals surface area contributed by atoms with Crippen LogP contribution in [0.4, 0.5) is 0 Å². The molecule has 0 fully saturated rings. The highest BCUT2D eigenvalue weighted by molar-refractivity contribution is 5.99. The molecular weight excluding hydrogens is 334 g/mol.